The maximum Gasteiger partial charge on any atom is 0.120 e. The van der Waals surface area contributed by atoms with Crippen molar-refractivity contribution in [1.82, 2.24) is 0 Å². The van der Waals surface area contributed by atoms with Crippen LogP contribution in [-0.4, -0.2) is 0 Å². The van der Waals surface area contributed by atoms with Crippen molar-refractivity contribution < 1.29 is 4.74 Å². The number of hydrogen-bond acceptors (Lipinski definition) is 1. The smallest absolute Gasteiger partial charge is 0.120 e. The first-order valence-electron chi connectivity index (χ1n) is 5.84. The van der Waals surface area contributed by atoms with E-state index in [0.29, 0.717) is 16.7 Å². The van der Waals surface area contributed by atoms with Gasteiger partial charge in [-0.2, -0.15) is 0 Å². The molecule has 1 nitrogen and oxygen atoms in total. The van der Waals surface area contributed by atoms with Crippen molar-refractivity contribution in [2.75, 3.05) is 0 Å². The van der Waals surface area contributed by atoms with Crippen LogP contribution in [0.1, 0.15) is 18.1 Å². The molecule has 0 unspecified atom stereocenters. The van der Waals surface area contributed by atoms with Gasteiger partial charge in [-0.3, -0.25) is 0 Å². The topological polar surface area (TPSA) is 9.23 Å². The molecule has 2 aromatic rings. The average molecular weight is 281 g/mol. The van der Waals surface area contributed by atoms with E-state index in [4.69, 9.17) is 27.9 Å². The minimum absolute atomic E-state index is 0.423. The minimum Gasteiger partial charge on any atom is -0.489 e. The average Bonchev–Trinajstić information content (AvgIpc) is 2.40. The molecule has 0 N–H and O–H groups in total. The summed E-state index contributed by atoms with van der Waals surface area (Å²) in [7, 11) is 0. The van der Waals surface area contributed by atoms with Crippen LogP contribution in [0.3, 0.4) is 0 Å². The molecule has 2 aromatic carbocycles. The largest absolute Gasteiger partial charge is 0.489 e. The monoisotopic (exact) mass is 280 g/mol. The molecule has 0 saturated carbocycles. The zero-order chi connectivity index (χ0) is 13.0. The van der Waals surface area contributed by atoms with Gasteiger partial charge in [0.2, 0.25) is 0 Å². The molecule has 0 aliphatic carbocycles. The summed E-state index contributed by atoms with van der Waals surface area (Å²) in [5.74, 6) is 0.852. The van der Waals surface area contributed by atoms with E-state index in [1.54, 1.807) is 12.1 Å². The van der Waals surface area contributed by atoms with Crippen LogP contribution in [0.2, 0.25) is 10.0 Å². The van der Waals surface area contributed by atoms with Crippen LogP contribution in [-0.2, 0) is 13.0 Å². The van der Waals surface area contributed by atoms with Crippen molar-refractivity contribution in [3.63, 3.8) is 0 Å². The van der Waals surface area contributed by atoms with Gasteiger partial charge in [-0.25, -0.2) is 0 Å². The molecule has 18 heavy (non-hydrogen) atoms. The van der Waals surface area contributed by atoms with Crippen molar-refractivity contribution in [1.29, 1.82) is 0 Å². The van der Waals surface area contributed by atoms with Crippen molar-refractivity contribution in [2.24, 2.45) is 0 Å². The molecule has 0 spiro atoms. The Labute approximate surface area is 117 Å². The summed E-state index contributed by atoms with van der Waals surface area (Å²) >= 11 is 12.0. The van der Waals surface area contributed by atoms with Crippen molar-refractivity contribution >= 4 is 23.2 Å². The number of benzene rings is 2. The molecular weight excluding hydrogens is 267 g/mol. The summed E-state index contributed by atoms with van der Waals surface area (Å²) in [5, 5.41) is 1.34. The fraction of sp³-hybridized carbons (Fsp3) is 0.200. The number of aryl methyl sites for hydroxylation is 1. The highest BCUT2D eigenvalue weighted by atomic mass is 35.5. The van der Waals surface area contributed by atoms with Gasteiger partial charge in [-0.05, 0) is 42.3 Å². The SMILES string of the molecule is CCc1cccc(OCc2cc(Cl)ccc2Cl)c1. The van der Waals surface area contributed by atoms with Gasteiger partial charge in [0.25, 0.3) is 0 Å². The molecule has 0 aromatic heterocycles. The van der Waals surface area contributed by atoms with Crippen LogP contribution in [0.15, 0.2) is 42.5 Å². The summed E-state index contributed by atoms with van der Waals surface area (Å²) in [6.45, 7) is 2.54. The number of hydrogen-bond donors (Lipinski definition) is 0. The number of ether oxygens (including phenoxy) is 1. The Hall–Kier alpha value is -1.18. The third-order valence-corrected chi connectivity index (χ3v) is 3.31. The minimum atomic E-state index is 0.423. The predicted molar refractivity (Wildman–Crippen MR) is 76.6 cm³/mol. The third kappa shape index (κ3) is 3.41. The fourth-order valence-corrected chi connectivity index (χ4v) is 2.04. The summed E-state index contributed by atoms with van der Waals surface area (Å²) in [6.07, 6.45) is 0.995. The van der Waals surface area contributed by atoms with Crippen molar-refractivity contribution in [3.05, 3.63) is 63.6 Å². The van der Waals surface area contributed by atoms with Crippen LogP contribution in [0, 0.1) is 0 Å². The Bertz CT molecular complexity index is 538. The normalized spacial score (nSPS) is 10.4. The van der Waals surface area contributed by atoms with E-state index < -0.39 is 0 Å². The number of halogens is 2. The molecule has 0 aliphatic heterocycles. The lowest BCUT2D eigenvalue weighted by Gasteiger charge is -2.09. The van der Waals surface area contributed by atoms with Gasteiger partial charge in [-0.1, -0.05) is 42.3 Å². The molecule has 94 valence electrons. The van der Waals surface area contributed by atoms with E-state index in [2.05, 4.69) is 13.0 Å². The van der Waals surface area contributed by atoms with Gasteiger partial charge in [0.1, 0.15) is 12.4 Å². The van der Waals surface area contributed by atoms with Crippen LogP contribution in [0.4, 0.5) is 0 Å². The molecule has 0 atom stereocenters. The second-order valence-electron chi connectivity index (χ2n) is 4.03. The lowest BCUT2D eigenvalue weighted by molar-refractivity contribution is 0.306. The fourth-order valence-electron chi connectivity index (χ4n) is 1.67. The lowest BCUT2D eigenvalue weighted by Crippen LogP contribution is -1.96. The second kappa shape index (κ2) is 6.12. The molecular formula is C15H14Cl2O. The van der Waals surface area contributed by atoms with E-state index in [9.17, 15) is 0 Å². The standard InChI is InChI=1S/C15H14Cl2O/c1-2-11-4-3-5-14(8-11)18-10-12-9-13(16)6-7-15(12)17/h3-9H,2,10H2,1H3. The summed E-state index contributed by atoms with van der Waals surface area (Å²) < 4.78 is 5.73. The summed E-state index contributed by atoms with van der Waals surface area (Å²) in [4.78, 5) is 0. The van der Waals surface area contributed by atoms with Gasteiger partial charge in [0.05, 0.1) is 0 Å². The maximum absolute atomic E-state index is 6.08. The summed E-state index contributed by atoms with van der Waals surface area (Å²) in [6, 6.07) is 13.4. The van der Waals surface area contributed by atoms with Gasteiger partial charge in [0.15, 0.2) is 0 Å². The molecule has 0 fully saturated rings. The molecule has 0 bridgehead atoms. The molecule has 0 saturated heterocycles. The highest BCUT2D eigenvalue weighted by Crippen LogP contribution is 2.23. The molecule has 0 heterocycles. The Balaban J connectivity index is 2.08. The van der Waals surface area contributed by atoms with Crippen molar-refractivity contribution in [3.8, 4) is 5.75 Å². The first kappa shape index (κ1) is 13.3. The van der Waals surface area contributed by atoms with E-state index in [1.807, 2.05) is 24.3 Å². The number of rotatable bonds is 4. The van der Waals surface area contributed by atoms with Gasteiger partial charge >= 0.3 is 0 Å². The Morgan fingerprint density at radius 3 is 2.67 bits per heavy atom. The highest BCUT2D eigenvalue weighted by Gasteiger charge is 2.03. The second-order valence-corrected chi connectivity index (χ2v) is 4.87. The molecule has 0 radical (unpaired) electrons. The molecule has 0 aliphatic rings. The quantitative estimate of drug-likeness (QED) is 0.754. The Kier molecular flexibility index (Phi) is 4.51. The molecule has 0 amide bonds. The first-order chi connectivity index (χ1) is 8.69. The first-order valence-corrected chi connectivity index (χ1v) is 6.60. The zero-order valence-corrected chi connectivity index (χ0v) is 11.6. The van der Waals surface area contributed by atoms with E-state index >= 15 is 0 Å². The van der Waals surface area contributed by atoms with E-state index in [-0.39, 0.29) is 0 Å². The predicted octanol–water partition coefficient (Wildman–Crippen LogP) is 5.13. The van der Waals surface area contributed by atoms with Gasteiger partial charge in [0, 0.05) is 15.6 Å². The van der Waals surface area contributed by atoms with Crippen LogP contribution in [0.5, 0.6) is 5.75 Å². The Morgan fingerprint density at radius 2 is 1.89 bits per heavy atom. The lowest BCUT2D eigenvalue weighted by atomic mass is 10.2. The Morgan fingerprint density at radius 1 is 1.06 bits per heavy atom. The van der Waals surface area contributed by atoms with E-state index in [0.717, 1.165) is 17.7 Å². The van der Waals surface area contributed by atoms with Gasteiger partial charge in [-0.15, -0.1) is 0 Å². The maximum atomic E-state index is 6.08. The van der Waals surface area contributed by atoms with Crippen LogP contribution in [0.25, 0.3) is 0 Å². The highest BCUT2D eigenvalue weighted by molar-refractivity contribution is 6.33. The molecule has 2 rings (SSSR count). The van der Waals surface area contributed by atoms with E-state index in [1.165, 1.54) is 5.56 Å². The van der Waals surface area contributed by atoms with Crippen molar-refractivity contribution in [2.45, 2.75) is 20.0 Å². The van der Waals surface area contributed by atoms with Crippen LogP contribution < -0.4 is 4.74 Å². The molecule has 3 heteroatoms. The third-order valence-electron chi connectivity index (χ3n) is 2.71. The van der Waals surface area contributed by atoms with Gasteiger partial charge < -0.3 is 4.74 Å². The zero-order valence-electron chi connectivity index (χ0n) is 10.1. The summed E-state index contributed by atoms with van der Waals surface area (Å²) in [5.41, 5.74) is 2.15. The van der Waals surface area contributed by atoms with Crippen LogP contribution >= 0.6 is 23.2 Å².